The predicted molar refractivity (Wildman–Crippen MR) is 94.6 cm³/mol. The van der Waals surface area contributed by atoms with Gasteiger partial charge in [-0.2, -0.15) is 13.2 Å². The van der Waals surface area contributed by atoms with E-state index in [2.05, 4.69) is 5.32 Å². The van der Waals surface area contributed by atoms with Crippen LogP contribution < -0.4 is 16.6 Å². The minimum Gasteiger partial charge on any atom is -0.386 e. The molecule has 0 fully saturated rings. The van der Waals surface area contributed by atoms with E-state index in [0.29, 0.717) is 6.42 Å². The third kappa shape index (κ3) is 4.89. The lowest BCUT2D eigenvalue weighted by Gasteiger charge is -2.24. The van der Waals surface area contributed by atoms with Crippen molar-refractivity contribution in [2.24, 2.45) is 7.05 Å². The van der Waals surface area contributed by atoms with Crippen molar-refractivity contribution < 1.29 is 23.1 Å². The molecule has 0 unspecified atom stereocenters. The normalized spacial score (nSPS) is 13.8. The van der Waals surface area contributed by atoms with Gasteiger partial charge < -0.3 is 10.4 Å². The number of nitrogens with one attached hydrogen (secondary N) is 1. The van der Waals surface area contributed by atoms with E-state index in [0.717, 1.165) is 39.5 Å². The molecule has 0 aliphatic heterocycles. The zero-order valence-corrected chi connectivity index (χ0v) is 15.2. The number of hydrogen-bond donors (Lipinski definition) is 2. The molecule has 28 heavy (non-hydrogen) atoms. The van der Waals surface area contributed by atoms with Crippen LogP contribution in [0.5, 0.6) is 0 Å². The summed E-state index contributed by atoms with van der Waals surface area (Å²) in [5, 5.41) is 13.0. The Labute approximate surface area is 158 Å². The van der Waals surface area contributed by atoms with E-state index < -0.39 is 41.0 Å². The number of halogens is 3. The molecule has 0 bridgehead atoms. The van der Waals surface area contributed by atoms with Gasteiger partial charge in [0.25, 0.3) is 5.56 Å². The summed E-state index contributed by atoms with van der Waals surface area (Å²) in [4.78, 5) is 35.6. The van der Waals surface area contributed by atoms with Gasteiger partial charge in [0, 0.05) is 19.3 Å². The Morgan fingerprint density at radius 3 is 2.32 bits per heavy atom. The lowest BCUT2D eigenvalue weighted by molar-refractivity contribution is -0.137. The van der Waals surface area contributed by atoms with Crippen LogP contribution in [0.15, 0.2) is 46.1 Å². The minimum atomic E-state index is -4.48. The molecule has 0 radical (unpaired) electrons. The monoisotopic (exact) mass is 399 g/mol. The van der Waals surface area contributed by atoms with Crippen molar-refractivity contribution in [1.82, 2.24) is 14.5 Å². The Hall–Kier alpha value is -2.88. The number of carbonyl (C=O) groups is 1. The summed E-state index contributed by atoms with van der Waals surface area (Å²) >= 11 is 0. The summed E-state index contributed by atoms with van der Waals surface area (Å²) in [7, 11) is 1.28. The molecule has 1 heterocycles. The first-order valence-electron chi connectivity index (χ1n) is 8.45. The highest BCUT2D eigenvalue weighted by Crippen LogP contribution is 2.30. The molecule has 1 aromatic carbocycles. The maximum Gasteiger partial charge on any atom is 0.416 e. The summed E-state index contributed by atoms with van der Waals surface area (Å²) in [5.41, 5.74) is -1.79. The Morgan fingerprint density at radius 2 is 1.79 bits per heavy atom. The van der Waals surface area contributed by atoms with Gasteiger partial charge in [-0.25, -0.2) is 4.79 Å². The van der Waals surface area contributed by atoms with Crippen molar-refractivity contribution in [3.8, 4) is 0 Å². The second kappa shape index (κ2) is 8.42. The van der Waals surface area contributed by atoms with Gasteiger partial charge in [-0.1, -0.05) is 19.1 Å². The SMILES string of the molecule is CC[C@@H](NC(=O)Cn1ccc(=O)n(C)c1=O)[C@@H](O)c1ccc(C(F)(F)F)cc1. The molecule has 152 valence electrons. The van der Waals surface area contributed by atoms with Crippen molar-refractivity contribution in [1.29, 1.82) is 0 Å². The minimum absolute atomic E-state index is 0.222. The van der Waals surface area contributed by atoms with Crippen LogP contribution in [-0.4, -0.2) is 26.2 Å². The smallest absolute Gasteiger partial charge is 0.386 e. The molecule has 0 aliphatic rings. The quantitative estimate of drug-likeness (QED) is 0.763. The first-order chi connectivity index (χ1) is 13.0. The molecule has 2 aromatic rings. The van der Waals surface area contributed by atoms with Crippen LogP contribution in [0.25, 0.3) is 0 Å². The first kappa shape index (κ1) is 21.4. The van der Waals surface area contributed by atoms with Gasteiger partial charge in [-0.05, 0) is 24.1 Å². The number of hydrogen-bond acceptors (Lipinski definition) is 4. The Balaban J connectivity index is 2.10. The van der Waals surface area contributed by atoms with Crippen LogP contribution in [0.1, 0.15) is 30.6 Å². The van der Waals surface area contributed by atoms with Gasteiger partial charge in [0.1, 0.15) is 6.54 Å². The van der Waals surface area contributed by atoms with E-state index in [-0.39, 0.29) is 12.1 Å². The van der Waals surface area contributed by atoms with Gasteiger partial charge in [-0.3, -0.25) is 18.7 Å². The van der Waals surface area contributed by atoms with Crippen LogP contribution in [0.2, 0.25) is 0 Å². The third-order valence-electron chi connectivity index (χ3n) is 4.32. The molecular formula is C18H20F3N3O4. The van der Waals surface area contributed by atoms with E-state index in [9.17, 15) is 32.7 Å². The fourth-order valence-electron chi connectivity index (χ4n) is 2.65. The predicted octanol–water partition coefficient (Wildman–Crippen LogP) is 1.19. The van der Waals surface area contributed by atoms with Crippen molar-refractivity contribution in [3.63, 3.8) is 0 Å². The lowest BCUT2D eigenvalue weighted by atomic mass is 9.99. The number of aliphatic hydroxyl groups is 1. The lowest BCUT2D eigenvalue weighted by Crippen LogP contribution is -2.44. The summed E-state index contributed by atoms with van der Waals surface area (Å²) in [6.07, 6.45) is -4.22. The first-order valence-corrected chi connectivity index (χ1v) is 8.45. The second-order valence-corrected chi connectivity index (χ2v) is 6.27. The molecule has 2 atom stereocenters. The fraction of sp³-hybridized carbons (Fsp3) is 0.389. The zero-order valence-electron chi connectivity index (χ0n) is 15.2. The Morgan fingerprint density at radius 1 is 1.18 bits per heavy atom. The zero-order chi connectivity index (χ0) is 21.1. The topological polar surface area (TPSA) is 93.3 Å². The number of aliphatic hydroxyl groups excluding tert-OH is 1. The van der Waals surface area contributed by atoms with E-state index in [1.54, 1.807) is 6.92 Å². The highest BCUT2D eigenvalue weighted by Gasteiger charge is 2.30. The standard InChI is InChI=1S/C18H20F3N3O4/c1-3-13(16(27)11-4-6-12(7-5-11)18(19,20)21)22-14(25)10-24-9-8-15(26)23(2)17(24)28/h4-9,13,16,27H,3,10H2,1-2H3,(H,22,25)/t13-,16+/m1/s1. The number of aromatic nitrogens is 2. The van der Waals surface area contributed by atoms with Gasteiger partial charge in [0.15, 0.2) is 0 Å². The number of amides is 1. The average molecular weight is 399 g/mol. The fourth-order valence-corrected chi connectivity index (χ4v) is 2.65. The van der Waals surface area contributed by atoms with Crippen molar-refractivity contribution >= 4 is 5.91 Å². The molecule has 1 amide bonds. The number of alkyl halides is 3. The largest absolute Gasteiger partial charge is 0.416 e. The van der Waals surface area contributed by atoms with Gasteiger partial charge >= 0.3 is 11.9 Å². The molecule has 0 saturated heterocycles. The van der Waals surface area contributed by atoms with Crippen LogP contribution in [0, 0.1) is 0 Å². The van der Waals surface area contributed by atoms with Crippen molar-refractivity contribution in [3.05, 3.63) is 68.5 Å². The molecule has 0 saturated carbocycles. The van der Waals surface area contributed by atoms with Crippen LogP contribution in [0.4, 0.5) is 13.2 Å². The van der Waals surface area contributed by atoms with Crippen molar-refractivity contribution in [2.45, 2.75) is 38.2 Å². The number of benzene rings is 1. The molecule has 7 nitrogen and oxygen atoms in total. The average Bonchev–Trinajstić information content (AvgIpc) is 2.65. The maximum absolute atomic E-state index is 12.6. The van der Waals surface area contributed by atoms with E-state index in [1.165, 1.54) is 13.2 Å². The van der Waals surface area contributed by atoms with Gasteiger partial charge in [0.2, 0.25) is 5.91 Å². The van der Waals surface area contributed by atoms with Crippen LogP contribution in [0.3, 0.4) is 0 Å². The Kier molecular flexibility index (Phi) is 6.45. The molecular weight excluding hydrogens is 379 g/mol. The summed E-state index contributed by atoms with van der Waals surface area (Å²) in [6.45, 7) is 1.32. The van der Waals surface area contributed by atoms with E-state index in [1.807, 2.05) is 0 Å². The highest BCUT2D eigenvalue weighted by atomic mass is 19.4. The Bertz CT molecular complexity index is 948. The molecule has 0 spiro atoms. The number of carbonyl (C=O) groups excluding carboxylic acids is 1. The molecule has 1 aromatic heterocycles. The molecule has 2 rings (SSSR count). The molecule has 2 N–H and O–H groups in total. The number of nitrogens with zero attached hydrogens (tertiary/aromatic N) is 2. The summed E-state index contributed by atoms with van der Waals surface area (Å²) in [5.74, 6) is -0.585. The maximum atomic E-state index is 12.6. The highest BCUT2D eigenvalue weighted by molar-refractivity contribution is 5.76. The number of rotatable bonds is 6. The molecule has 0 aliphatic carbocycles. The van der Waals surface area contributed by atoms with Gasteiger partial charge in [0.05, 0.1) is 17.7 Å². The summed E-state index contributed by atoms with van der Waals surface area (Å²) < 4.78 is 39.8. The van der Waals surface area contributed by atoms with E-state index in [4.69, 9.17) is 0 Å². The third-order valence-corrected chi connectivity index (χ3v) is 4.32. The van der Waals surface area contributed by atoms with Crippen molar-refractivity contribution in [2.75, 3.05) is 0 Å². The van der Waals surface area contributed by atoms with Crippen LogP contribution >= 0.6 is 0 Å². The van der Waals surface area contributed by atoms with Gasteiger partial charge in [-0.15, -0.1) is 0 Å². The van der Waals surface area contributed by atoms with E-state index >= 15 is 0 Å². The second-order valence-electron chi connectivity index (χ2n) is 6.27. The van der Waals surface area contributed by atoms with Crippen LogP contribution in [-0.2, 0) is 24.6 Å². The summed E-state index contributed by atoms with van der Waals surface area (Å²) in [6, 6.07) is 4.39. The molecule has 10 heteroatoms.